The molecule has 0 aromatic heterocycles. The van der Waals surface area contributed by atoms with E-state index in [-0.39, 0.29) is 17.5 Å². The largest absolute Gasteiger partial charge is 0.404 e. The quantitative estimate of drug-likeness (QED) is 0.283. The number of nitrogens with one attached hydrogen (secondary N) is 3. The fourth-order valence-corrected chi connectivity index (χ4v) is 3.19. The average molecular weight is 482 g/mol. The summed E-state index contributed by atoms with van der Waals surface area (Å²) in [4.78, 5) is 29.2. The normalized spacial score (nSPS) is 13.0. The summed E-state index contributed by atoms with van der Waals surface area (Å²) >= 11 is 12.0. The van der Waals surface area contributed by atoms with Crippen molar-refractivity contribution in [2.75, 3.05) is 13.6 Å². The lowest BCUT2D eigenvalue weighted by molar-refractivity contribution is -0.129. The number of halogens is 2. The maximum absolute atomic E-state index is 12.8. The number of aliphatic imine (C=N–C) groups is 1. The molecule has 0 heterocycles. The predicted molar refractivity (Wildman–Crippen MR) is 133 cm³/mol. The Balaban J connectivity index is 2.77. The van der Waals surface area contributed by atoms with Crippen LogP contribution < -0.4 is 21.7 Å². The van der Waals surface area contributed by atoms with Gasteiger partial charge in [-0.05, 0) is 62.2 Å². The van der Waals surface area contributed by atoms with Crippen molar-refractivity contribution in [1.82, 2.24) is 16.0 Å². The van der Waals surface area contributed by atoms with Crippen molar-refractivity contribution in [3.05, 3.63) is 57.5 Å². The van der Waals surface area contributed by atoms with Gasteiger partial charge in [0.05, 0.1) is 10.0 Å². The maximum atomic E-state index is 12.8. The van der Waals surface area contributed by atoms with Gasteiger partial charge in [0.15, 0.2) is 0 Å². The average Bonchev–Trinajstić information content (AvgIpc) is 2.77. The number of hydrogen-bond donors (Lipinski definition) is 4. The molecule has 1 rings (SSSR count). The van der Waals surface area contributed by atoms with E-state index in [4.69, 9.17) is 28.9 Å². The molecule has 1 aromatic carbocycles. The fourth-order valence-electron chi connectivity index (χ4n) is 2.87. The summed E-state index contributed by atoms with van der Waals surface area (Å²) < 4.78 is 0. The molecular formula is C23H33Cl2N5O2. The summed E-state index contributed by atoms with van der Waals surface area (Å²) in [6, 6.07) is 5.34. The molecule has 7 nitrogen and oxygen atoms in total. The third-order valence-electron chi connectivity index (χ3n) is 4.91. The van der Waals surface area contributed by atoms with Crippen LogP contribution in [0.5, 0.6) is 0 Å². The van der Waals surface area contributed by atoms with Crippen LogP contribution in [-0.2, 0) is 16.1 Å². The van der Waals surface area contributed by atoms with Gasteiger partial charge in [-0.15, -0.1) is 0 Å². The van der Waals surface area contributed by atoms with E-state index in [1.807, 2.05) is 19.9 Å². The minimum absolute atomic E-state index is 0.0248. The first-order chi connectivity index (χ1) is 15.0. The minimum atomic E-state index is -0.502. The van der Waals surface area contributed by atoms with Gasteiger partial charge in [0.2, 0.25) is 5.91 Å². The third kappa shape index (κ3) is 8.55. The zero-order valence-corrected chi connectivity index (χ0v) is 20.8. The number of rotatable bonds is 11. The molecule has 0 aliphatic rings. The zero-order chi connectivity index (χ0) is 24.3. The highest BCUT2D eigenvalue weighted by Gasteiger charge is 2.25. The molecule has 0 fully saturated rings. The molecule has 0 aliphatic carbocycles. The van der Waals surface area contributed by atoms with E-state index in [0.29, 0.717) is 47.4 Å². The van der Waals surface area contributed by atoms with Crippen LogP contribution in [0.2, 0.25) is 10.0 Å². The molecule has 0 radical (unpaired) electrons. The molecule has 0 saturated heterocycles. The lowest BCUT2D eigenvalue weighted by atomic mass is 9.87. The molecule has 0 unspecified atom stereocenters. The lowest BCUT2D eigenvalue weighted by Crippen LogP contribution is -2.37. The molecule has 0 bridgehead atoms. The molecule has 1 aromatic rings. The minimum Gasteiger partial charge on any atom is -0.404 e. The third-order valence-corrected chi connectivity index (χ3v) is 5.65. The van der Waals surface area contributed by atoms with Crippen LogP contribution in [-0.4, -0.2) is 31.1 Å². The SMILES string of the molecule is CC=C(NCc1ccc(Cl)c(Cl)c1)NC(=O)C(=NCCCC(C)(C)C(=O)NC)C(C)=CN. The summed E-state index contributed by atoms with van der Waals surface area (Å²) in [5.74, 6) is 0.132. The topological polar surface area (TPSA) is 109 Å². The molecule has 0 spiro atoms. The van der Waals surface area contributed by atoms with Crippen molar-refractivity contribution in [1.29, 1.82) is 0 Å². The number of hydrogen-bond acceptors (Lipinski definition) is 5. The van der Waals surface area contributed by atoms with Crippen LogP contribution in [0, 0.1) is 5.41 Å². The van der Waals surface area contributed by atoms with Gasteiger partial charge in [-0.1, -0.05) is 43.1 Å². The Morgan fingerprint density at radius 3 is 2.47 bits per heavy atom. The summed E-state index contributed by atoms with van der Waals surface area (Å²) in [7, 11) is 1.62. The highest BCUT2D eigenvalue weighted by Crippen LogP contribution is 2.23. The molecule has 9 heteroatoms. The fraction of sp³-hybridized carbons (Fsp3) is 0.435. The number of benzene rings is 1. The standard InChI is InChI=1S/C23H33Cl2N5O2/c1-6-19(29-14-16-8-9-17(24)18(25)12-16)30-21(31)20(15(2)13-26)28-11-7-10-23(3,4)22(32)27-5/h6,8-9,12-13,29H,7,10-11,14,26H2,1-5H3,(H,27,32)(H,30,31). The van der Waals surface area contributed by atoms with Gasteiger partial charge in [-0.25, -0.2) is 0 Å². The predicted octanol–water partition coefficient (Wildman–Crippen LogP) is 3.92. The zero-order valence-electron chi connectivity index (χ0n) is 19.3. The van der Waals surface area contributed by atoms with Crippen molar-refractivity contribution in [3.8, 4) is 0 Å². The van der Waals surface area contributed by atoms with E-state index in [2.05, 4.69) is 20.9 Å². The second-order valence-corrected chi connectivity index (χ2v) is 8.72. The Labute approximate surface area is 200 Å². The van der Waals surface area contributed by atoms with Crippen LogP contribution in [0.3, 0.4) is 0 Å². The molecule has 2 amide bonds. The Bertz CT molecular complexity index is 908. The van der Waals surface area contributed by atoms with Gasteiger partial charge in [0, 0.05) is 25.6 Å². The summed E-state index contributed by atoms with van der Waals surface area (Å²) in [6.45, 7) is 8.14. The molecule has 5 N–H and O–H groups in total. The highest BCUT2D eigenvalue weighted by atomic mass is 35.5. The van der Waals surface area contributed by atoms with Gasteiger partial charge in [0.1, 0.15) is 11.5 Å². The smallest absolute Gasteiger partial charge is 0.275 e. The number of nitrogens with two attached hydrogens (primary N) is 1. The van der Waals surface area contributed by atoms with Gasteiger partial charge < -0.3 is 21.7 Å². The Kier molecular flexibility index (Phi) is 11.3. The van der Waals surface area contributed by atoms with E-state index in [0.717, 1.165) is 5.56 Å². The van der Waals surface area contributed by atoms with Crippen molar-refractivity contribution >= 4 is 40.7 Å². The summed E-state index contributed by atoms with van der Waals surface area (Å²) in [5.41, 5.74) is 6.86. The molecular weight excluding hydrogens is 449 g/mol. The first kappa shape index (κ1) is 27.5. The Morgan fingerprint density at radius 2 is 1.91 bits per heavy atom. The van der Waals surface area contributed by atoms with Crippen LogP contribution in [0.25, 0.3) is 0 Å². The second-order valence-electron chi connectivity index (χ2n) is 7.91. The van der Waals surface area contributed by atoms with Crippen molar-refractivity contribution in [2.24, 2.45) is 16.1 Å². The van der Waals surface area contributed by atoms with Gasteiger partial charge >= 0.3 is 0 Å². The Hall–Kier alpha value is -2.51. The second kappa shape index (κ2) is 13.1. The van der Waals surface area contributed by atoms with Crippen LogP contribution in [0.1, 0.15) is 46.1 Å². The number of amides is 2. The highest BCUT2D eigenvalue weighted by molar-refractivity contribution is 6.45. The molecule has 32 heavy (non-hydrogen) atoms. The van der Waals surface area contributed by atoms with E-state index in [1.54, 1.807) is 39.1 Å². The van der Waals surface area contributed by atoms with E-state index in [1.165, 1.54) is 6.20 Å². The molecule has 0 aliphatic heterocycles. The Morgan fingerprint density at radius 1 is 1.22 bits per heavy atom. The number of allylic oxidation sites excluding steroid dienone is 1. The lowest BCUT2D eigenvalue weighted by Gasteiger charge is -2.21. The van der Waals surface area contributed by atoms with Gasteiger partial charge in [-0.3, -0.25) is 14.6 Å². The summed E-state index contributed by atoms with van der Waals surface area (Å²) in [6.07, 6.45) is 4.40. The van der Waals surface area contributed by atoms with Crippen LogP contribution >= 0.6 is 23.2 Å². The monoisotopic (exact) mass is 481 g/mol. The number of nitrogens with zero attached hydrogens (tertiary/aromatic N) is 1. The van der Waals surface area contributed by atoms with Gasteiger partial charge in [-0.2, -0.15) is 0 Å². The van der Waals surface area contributed by atoms with Crippen LogP contribution in [0.15, 0.2) is 46.9 Å². The number of carbonyl (C=O) groups is 2. The van der Waals surface area contributed by atoms with Crippen molar-refractivity contribution in [3.63, 3.8) is 0 Å². The first-order valence-electron chi connectivity index (χ1n) is 10.4. The molecule has 176 valence electrons. The van der Waals surface area contributed by atoms with E-state index < -0.39 is 5.41 Å². The first-order valence-corrected chi connectivity index (χ1v) is 11.1. The van der Waals surface area contributed by atoms with Crippen molar-refractivity contribution < 1.29 is 9.59 Å². The molecule has 0 saturated carbocycles. The van der Waals surface area contributed by atoms with E-state index >= 15 is 0 Å². The van der Waals surface area contributed by atoms with Crippen molar-refractivity contribution in [2.45, 2.75) is 47.1 Å². The van der Waals surface area contributed by atoms with Gasteiger partial charge in [0.25, 0.3) is 5.91 Å². The number of carbonyl (C=O) groups excluding carboxylic acids is 2. The molecule has 0 atom stereocenters. The van der Waals surface area contributed by atoms with E-state index in [9.17, 15) is 9.59 Å². The van der Waals surface area contributed by atoms with Crippen LogP contribution in [0.4, 0.5) is 0 Å². The maximum Gasteiger partial charge on any atom is 0.275 e. The summed E-state index contributed by atoms with van der Waals surface area (Å²) in [5, 5.41) is 9.60.